The van der Waals surface area contributed by atoms with Gasteiger partial charge in [0.15, 0.2) is 0 Å². The highest BCUT2D eigenvalue weighted by Gasteiger charge is 2.11. The van der Waals surface area contributed by atoms with Crippen LogP contribution >= 0.6 is 0 Å². The van der Waals surface area contributed by atoms with Crippen molar-refractivity contribution in [3.63, 3.8) is 0 Å². The number of non-ortho nitro benzene ring substituents is 1. The molecule has 0 aliphatic carbocycles. The van der Waals surface area contributed by atoms with Gasteiger partial charge >= 0.3 is 5.97 Å². The average Bonchev–Trinajstić information content (AvgIpc) is 2.53. The number of nitrogens with zero attached hydrogens (tertiary/aromatic N) is 2. The molecule has 0 heterocycles. The van der Waals surface area contributed by atoms with Crippen LogP contribution in [-0.2, 0) is 4.74 Å². The number of methoxy groups -OCH3 is 1. The third-order valence-electron chi connectivity index (χ3n) is 2.88. The van der Waals surface area contributed by atoms with Gasteiger partial charge in [-0.15, -0.1) is 0 Å². The number of rotatable bonds is 4. The maximum absolute atomic E-state index is 11.6. The molecule has 0 spiro atoms. The maximum atomic E-state index is 11.6. The molecule has 0 aliphatic heterocycles. The van der Waals surface area contributed by atoms with Gasteiger partial charge in [-0.2, -0.15) is 0 Å². The Morgan fingerprint density at radius 1 is 1.32 bits per heavy atom. The van der Waals surface area contributed by atoms with Crippen molar-refractivity contribution in [1.82, 2.24) is 0 Å². The van der Waals surface area contributed by atoms with E-state index in [1.807, 2.05) is 0 Å². The van der Waals surface area contributed by atoms with Crippen LogP contribution in [0.5, 0.6) is 5.75 Å². The first-order valence-electron chi connectivity index (χ1n) is 6.21. The fourth-order valence-corrected chi connectivity index (χ4v) is 1.78. The highest BCUT2D eigenvalue weighted by Crippen LogP contribution is 2.30. The minimum absolute atomic E-state index is 0.158. The SMILES string of the molecule is COC(=O)c1ccccc1C=Nc1ccc([N+](=O)[O-])cc1O. The van der Waals surface area contributed by atoms with Crippen LogP contribution < -0.4 is 0 Å². The summed E-state index contributed by atoms with van der Waals surface area (Å²) in [7, 11) is 1.28. The van der Waals surface area contributed by atoms with Crippen LogP contribution in [0.4, 0.5) is 11.4 Å². The summed E-state index contributed by atoms with van der Waals surface area (Å²) in [6.07, 6.45) is 1.38. The molecule has 112 valence electrons. The van der Waals surface area contributed by atoms with E-state index in [-0.39, 0.29) is 17.1 Å². The molecule has 0 radical (unpaired) electrons. The predicted molar refractivity (Wildman–Crippen MR) is 79.8 cm³/mol. The molecule has 2 rings (SSSR count). The molecular formula is C15H12N2O5. The number of esters is 1. The first kappa shape index (κ1) is 15.2. The van der Waals surface area contributed by atoms with E-state index in [9.17, 15) is 20.0 Å². The van der Waals surface area contributed by atoms with Crippen molar-refractivity contribution < 1.29 is 19.6 Å². The zero-order chi connectivity index (χ0) is 16.1. The summed E-state index contributed by atoms with van der Waals surface area (Å²) in [5.41, 5.74) is 0.763. The van der Waals surface area contributed by atoms with Gasteiger partial charge in [-0.25, -0.2) is 4.79 Å². The minimum Gasteiger partial charge on any atom is -0.505 e. The van der Waals surface area contributed by atoms with Crippen LogP contribution in [0.15, 0.2) is 47.5 Å². The van der Waals surface area contributed by atoms with E-state index < -0.39 is 10.9 Å². The van der Waals surface area contributed by atoms with Crippen molar-refractivity contribution in [2.75, 3.05) is 7.11 Å². The van der Waals surface area contributed by atoms with Crippen LogP contribution in [0.3, 0.4) is 0 Å². The predicted octanol–water partition coefficient (Wildman–Crippen LogP) is 2.84. The molecular weight excluding hydrogens is 288 g/mol. The summed E-state index contributed by atoms with van der Waals surface area (Å²) in [6.45, 7) is 0. The monoisotopic (exact) mass is 300 g/mol. The Morgan fingerprint density at radius 2 is 2.05 bits per heavy atom. The number of phenols is 1. The highest BCUT2D eigenvalue weighted by molar-refractivity contribution is 5.99. The Labute approximate surface area is 125 Å². The Hall–Kier alpha value is -3.22. The van der Waals surface area contributed by atoms with E-state index in [4.69, 9.17) is 0 Å². The van der Waals surface area contributed by atoms with Gasteiger partial charge in [0.1, 0.15) is 11.4 Å². The van der Waals surface area contributed by atoms with Gasteiger partial charge in [0, 0.05) is 17.8 Å². The molecule has 22 heavy (non-hydrogen) atoms. The summed E-state index contributed by atoms with van der Waals surface area (Å²) >= 11 is 0. The molecule has 0 bridgehead atoms. The molecule has 0 saturated heterocycles. The number of carbonyl (C=O) groups is 1. The van der Waals surface area contributed by atoms with E-state index in [0.717, 1.165) is 6.07 Å². The number of carbonyl (C=O) groups excluding carboxylic acids is 1. The maximum Gasteiger partial charge on any atom is 0.338 e. The van der Waals surface area contributed by atoms with E-state index in [0.29, 0.717) is 11.1 Å². The average molecular weight is 300 g/mol. The first-order valence-corrected chi connectivity index (χ1v) is 6.21. The summed E-state index contributed by atoms with van der Waals surface area (Å²) in [4.78, 5) is 25.7. The number of hydrogen-bond acceptors (Lipinski definition) is 6. The standard InChI is InChI=1S/C15H12N2O5/c1-22-15(19)12-5-3-2-4-10(12)9-16-13-7-6-11(17(20)21)8-14(13)18/h2-9,18H,1H3. The van der Waals surface area contributed by atoms with Crippen molar-refractivity contribution in [3.05, 3.63) is 63.7 Å². The second kappa shape index (κ2) is 6.49. The molecule has 0 aromatic heterocycles. The molecule has 0 atom stereocenters. The fraction of sp³-hybridized carbons (Fsp3) is 0.0667. The number of benzene rings is 2. The van der Waals surface area contributed by atoms with Gasteiger partial charge in [0.2, 0.25) is 0 Å². The summed E-state index contributed by atoms with van der Waals surface area (Å²) in [5.74, 6) is -0.823. The topological polar surface area (TPSA) is 102 Å². The van der Waals surface area contributed by atoms with Crippen molar-refractivity contribution in [3.8, 4) is 5.75 Å². The summed E-state index contributed by atoms with van der Waals surface area (Å²) < 4.78 is 4.67. The van der Waals surface area contributed by atoms with E-state index >= 15 is 0 Å². The normalized spacial score (nSPS) is 10.6. The first-order chi connectivity index (χ1) is 10.5. The van der Waals surface area contributed by atoms with E-state index in [1.54, 1.807) is 24.3 Å². The second-order valence-electron chi connectivity index (χ2n) is 4.27. The highest BCUT2D eigenvalue weighted by atomic mass is 16.6. The number of aromatic hydroxyl groups is 1. The summed E-state index contributed by atoms with van der Waals surface area (Å²) in [6, 6.07) is 10.2. The fourth-order valence-electron chi connectivity index (χ4n) is 1.78. The van der Waals surface area contributed by atoms with Crippen LogP contribution in [0.1, 0.15) is 15.9 Å². The lowest BCUT2D eigenvalue weighted by Crippen LogP contribution is -2.04. The number of hydrogen-bond donors (Lipinski definition) is 1. The quantitative estimate of drug-likeness (QED) is 0.405. The lowest BCUT2D eigenvalue weighted by molar-refractivity contribution is -0.384. The molecule has 0 unspecified atom stereocenters. The van der Waals surface area contributed by atoms with Gasteiger partial charge in [-0.3, -0.25) is 15.1 Å². The smallest absolute Gasteiger partial charge is 0.338 e. The van der Waals surface area contributed by atoms with Gasteiger partial charge in [-0.05, 0) is 12.1 Å². The Balaban J connectivity index is 2.33. The molecule has 0 fully saturated rings. The van der Waals surface area contributed by atoms with Crippen molar-refractivity contribution in [2.24, 2.45) is 4.99 Å². The third kappa shape index (κ3) is 3.26. The lowest BCUT2D eigenvalue weighted by atomic mass is 10.1. The zero-order valence-electron chi connectivity index (χ0n) is 11.6. The number of nitro benzene ring substituents is 1. The molecule has 2 aromatic carbocycles. The van der Waals surface area contributed by atoms with E-state index in [1.165, 1.54) is 25.5 Å². The molecule has 1 N–H and O–H groups in total. The lowest BCUT2D eigenvalue weighted by Gasteiger charge is -2.03. The number of ether oxygens (including phenoxy) is 1. The number of aliphatic imine (C=N–C) groups is 1. The molecule has 2 aromatic rings. The molecule has 0 amide bonds. The Kier molecular flexibility index (Phi) is 4.47. The van der Waals surface area contributed by atoms with Crippen molar-refractivity contribution >= 4 is 23.6 Å². The van der Waals surface area contributed by atoms with Crippen LogP contribution in [0, 0.1) is 10.1 Å². The second-order valence-corrected chi connectivity index (χ2v) is 4.27. The molecule has 7 heteroatoms. The minimum atomic E-state index is -0.611. The zero-order valence-corrected chi connectivity index (χ0v) is 11.6. The van der Waals surface area contributed by atoms with Crippen molar-refractivity contribution in [2.45, 2.75) is 0 Å². The van der Waals surface area contributed by atoms with Crippen molar-refractivity contribution in [1.29, 1.82) is 0 Å². The Morgan fingerprint density at radius 3 is 2.68 bits per heavy atom. The largest absolute Gasteiger partial charge is 0.505 e. The van der Waals surface area contributed by atoms with Crippen LogP contribution in [0.2, 0.25) is 0 Å². The van der Waals surface area contributed by atoms with Gasteiger partial charge in [0.25, 0.3) is 5.69 Å². The number of nitro groups is 1. The van der Waals surface area contributed by atoms with Crippen LogP contribution in [0.25, 0.3) is 0 Å². The molecule has 0 aliphatic rings. The summed E-state index contributed by atoms with van der Waals surface area (Å²) in [5, 5.41) is 20.3. The number of phenolic OH excluding ortho intramolecular Hbond substituents is 1. The van der Waals surface area contributed by atoms with Gasteiger partial charge in [-0.1, -0.05) is 18.2 Å². The van der Waals surface area contributed by atoms with Gasteiger partial charge < -0.3 is 9.84 Å². The molecule has 0 saturated carbocycles. The van der Waals surface area contributed by atoms with E-state index in [2.05, 4.69) is 9.73 Å². The third-order valence-corrected chi connectivity index (χ3v) is 2.88. The molecule has 7 nitrogen and oxygen atoms in total. The van der Waals surface area contributed by atoms with Gasteiger partial charge in [0.05, 0.1) is 23.7 Å². The Bertz CT molecular complexity index is 755. The van der Waals surface area contributed by atoms with Crippen LogP contribution in [-0.4, -0.2) is 29.3 Å².